The molecule has 0 aromatic heterocycles. The zero-order chi connectivity index (χ0) is 17.8. The molecule has 3 aliphatic carbocycles. The predicted octanol–water partition coefficient (Wildman–Crippen LogP) is 4.57. The maximum Gasteiger partial charge on any atom is 0.311 e. The highest BCUT2D eigenvalue weighted by atomic mass is 16.5. The van der Waals surface area contributed by atoms with Crippen molar-refractivity contribution in [3.8, 4) is 0 Å². The maximum atomic E-state index is 12.6. The molecule has 7 atom stereocenters. The Morgan fingerprint density at radius 1 is 1.12 bits per heavy atom. The molecule has 0 saturated heterocycles. The summed E-state index contributed by atoms with van der Waals surface area (Å²) >= 11 is 0. The largest absolute Gasteiger partial charge is 0.469 e. The lowest BCUT2D eigenvalue weighted by Crippen LogP contribution is -2.57. The second kappa shape index (κ2) is 6.00. The van der Waals surface area contributed by atoms with E-state index in [0.717, 1.165) is 32.1 Å². The monoisotopic (exact) mass is 336 g/mol. The second-order valence-electron chi connectivity index (χ2n) is 9.84. The van der Waals surface area contributed by atoms with Crippen LogP contribution in [0.2, 0.25) is 0 Å². The highest BCUT2D eigenvalue weighted by Gasteiger charge is 2.60. The number of carbonyl (C=O) groups excluding carboxylic acids is 1. The van der Waals surface area contributed by atoms with Gasteiger partial charge in [0.05, 0.1) is 18.6 Å². The molecule has 3 rings (SSSR count). The third-order valence-corrected chi connectivity index (χ3v) is 8.63. The van der Waals surface area contributed by atoms with Gasteiger partial charge in [0, 0.05) is 0 Å². The minimum Gasteiger partial charge on any atom is -0.469 e. The van der Waals surface area contributed by atoms with Gasteiger partial charge in [-0.2, -0.15) is 0 Å². The molecule has 3 heteroatoms. The Kier molecular flexibility index (Phi) is 4.56. The molecule has 3 fully saturated rings. The van der Waals surface area contributed by atoms with Crippen LogP contribution in [0.15, 0.2) is 0 Å². The normalized spacial score (nSPS) is 49.7. The number of rotatable bonds is 2. The Balaban J connectivity index is 1.88. The quantitative estimate of drug-likeness (QED) is 0.751. The Morgan fingerprint density at radius 2 is 1.83 bits per heavy atom. The van der Waals surface area contributed by atoms with Gasteiger partial charge in [0.1, 0.15) is 0 Å². The van der Waals surface area contributed by atoms with Gasteiger partial charge in [-0.05, 0) is 87.4 Å². The Bertz CT molecular complexity index is 501. The third kappa shape index (κ3) is 2.53. The van der Waals surface area contributed by atoms with E-state index in [0.29, 0.717) is 17.8 Å². The lowest BCUT2D eigenvalue weighted by Gasteiger charge is -2.62. The van der Waals surface area contributed by atoms with Crippen LogP contribution in [0, 0.1) is 34.0 Å². The number of hydrogen-bond donors (Lipinski definition) is 1. The molecule has 3 saturated carbocycles. The number of esters is 1. The molecule has 138 valence electrons. The first-order valence-corrected chi connectivity index (χ1v) is 9.94. The van der Waals surface area contributed by atoms with E-state index in [1.54, 1.807) is 7.11 Å². The summed E-state index contributed by atoms with van der Waals surface area (Å²) < 4.78 is 5.22. The zero-order valence-electron chi connectivity index (χ0n) is 16.2. The lowest BCUT2D eigenvalue weighted by molar-refractivity contribution is -0.179. The molecule has 0 amide bonds. The fourth-order valence-electron chi connectivity index (χ4n) is 6.98. The van der Waals surface area contributed by atoms with Crippen molar-refractivity contribution < 1.29 is 14.6 Å². The van der Waals surface area contributed by atoms with Crippen LogP contribution in [0.1, 0.15) is 79.1 Å². The number of aliphatic hydroxyl groups is 1. The lowest BCUT2D eigenvalue weighted by atomic mass is 9.43. The van der Waals surface area contributed by atoms with Gasteiger partial charge in [-0.1, -0.05) is 20.3 Å². The van der Waals surface area contributed by atoms with Crippen molar-refractivity contribution in [2.45, 2.75) is 85.2 Å². The summed E-state index contributed by atoms with van der Waals surface area (Å²) in [5, 5.41) is 10.2. The fraction of sp³-hybridized carbons (Fsp3) is 0.952. The average Bonchev–Trinajstić information content (AvgIpc) is 2.53. The summed E-state index contributed by atoms with van der Waals surface area (Å²) in [6, 6.07) is 0. The number of carbonyl (C=O) groups is 1. The van der Waals surface area contributed by atoms with E-state index >= 15 is 0 Å². The van der Waals surface area contributed by atoms with Crippen molar-refractivity contribution in [2.24, 2.45) is 34.0 Å². The van der Waals surface area contributed by atoms with Crippen LogP contribution in [0.3, 0.4) is 0 Å². The third-order valence-electron chi connectivity index (χ3n) is 8.63. The van der Waals surface area contributed by atoms with Gasteiger partial charge in [-0.3, -0.25) is 4.79 Å². The van der Waals surface area contributed by atoms with E-state index in [2.05, 4.69) is 20.8 Å². The molecule has 0 radical (unpaired) electrons. The number of aliphatic hydroxyl groups excluding tert-OH is 1. The highest BCUT2D eigenvalue weighted by Crippen LogP contribution is 2.65. The van der Waals surface area contributed by atoms with Crippen LogP contribution in [0.5, 0.6) is 0 Å². The van der Waals surface area contributed by atoms with Crippen LogP contribution in [0.4, 0.5) is 0 Å². The maximum absolute atomic E-state index is 12.6. The zero-order valence-corrected chi connectivity index (χ0v) is 16.2. The van der Waals surface area contributed by atoms with Gasteiger partial charge < -0.3 is 9.84 Å². The van der Waals surface area contributed by atoms with Gasteiger partial charge in [0.15, 0.2) is 0 Å². The summed E-state index contributed by atoms with van der Waals surface area (Å²) in [6.07, 6.45) is 8.94. The second-order valence-corrected chi connectivity index (χ2v) is 9.84. The molecule has 3 aliphatic rings. The van der Waals surface area contributed by atoms with E-state index in [9.17, 15) is 9.90 Å². The van der Waals surface area contributed by atoms with Gasteiger partial charge >= 0.3 is 5.97 Å². The van der Waals surface area contributed by atoms with Gasteiger partial charge in [-0.25, -0.2) is 0 Å². The standard InChI is InChI=1S/C21H36O3/c1-14(22)19(2)12-9-16-15(13-19)7-8-17-20(16,3)10-6-11-21(17,4)18(23)24-5/h14-17,22H,6-13H2,1-5H3/t14?,15?,16?,17-,19+,20-,21-/m1/s1. The van der Waals surface area contributed by atoms with Crippen LogP contribution in [-0.2, 0) is 9.53 Å². The van der Waals surface area contributed by atoms with E-state index in [4.69, 9.17) is 4.74 Å². The van der Waals surface area contributed by atoms with Crippen molar-refractivity contribution in [2.75, 3.05) is 7.11 Å². The van der Waals surface area contributed by atoms with Crippen LogP contribution < -0.4 is 0 Å². The minimum atomic E-state index is -0.308. The van der Waals surface area contributed by atoms with Crippen molar-refractivity contribution in [3.05, 3.63) is 0 Å². The average molecular weight is 337 g/mol. The van der Waals surface area contributed by atoms with E-state index in [-0.39, 0.29) is 28.3 Å². The van der Waals surface area contributed by atoms with E-state index < -0.39 is 0 Å². The van der Waals surface area contributed by atoms with Crippen molar-refractivity contribution in [1.29, 1.82) is 0 Å². The van der Waals surface area contributed by atoms with Gasteiger partial charge in [-0.15, -0.1) is 0 Å². The van der Waals surface area contributed by atoms with Gasteiger partial charge in [0.25, 0.3) is 0 Å². The number of hydrogen-bond acceptors (Lipinski definition) is 3. The highest BCUT2D eigenvalue weighted by molar-refractivity contribution is 5.77. The topological polar surface area (TPSA) is 46.5 Å². The molecule has 1 N–H and O–H groups in total. The summed E-state index contributed by atoms with van der Waals surface area (Å²) in [5.74, 6) is 1.86. The van der Waals surface area contributed by atoms with E-state index in [1.165, 1.54) is 19.3 Å². The summed E-state index contributed by atoms with van der Waals surface area (Å²) in [6.45, 7) is 8.84. The Morgan fingerprint density at radius 3 is 2.46 bits per heavy atom. The first-order chi connectivity index (χ1) is 11.2. The molecular formula is C21H36O3. The molecule has 0 spiro atoms. The minimum absolute atomic E-state index is 0.00139. The van der Waals surface area contributed by atoms with Crippen molar-refractivity contribution in [3.63, 3.8) is 0 Å². The van der Waals surface area contributed by atoms with Crippen molar-refractivity contribution in [1.82, 2.24) is 0 Å². The number of ether oxygens (including phenoxy) is 1. The first-order valence-electron chi connectivity index (χ1n) is 9.94. The summed E-state index contributed by atoms with van der Waals surface area (Å²) in [7, 11) is 1.54. The van der Waals surface area contributed by atoms with Crippen LogP contribution in [0.25, 0.3) is 0 Å². The molecular weight excluding hydrogens is 300 g/mol. The van der Waals surface area contributed by atoms with Crippen LogP contribution >= 0.6 is 0 Å². The van der Waals surface area contributed by atoms with Crippen molar-refractivity contribution >= 4 is 5.97 Å². The molecule has 3 unspecified atom stereocenters. The first kappa shape index (κ1) is 18.2. The van der Waals surface area contributed by atoms with E-state index in [1.807, 2.05) is 6.92 Å². The Hall–Kier alpha value is -0.570. The number of fused-ring (bicyclic) bond motifs is 3. The molecule has 0 heterocycles. The SMILES string of the molecule is COC(=O)[C@]1(C)CCC[C@]2(C)C3CC[C@](C)(C(C)O)CC3CC[C@@H]12. The number of methoxy groups -OCH3 is 1. The molecule has 24 heavy (non-hydrogen) atoms. The fourth-order valence-corrected chi connectivity index (χ4v) is 6.98. The summed E-state index contributed by atoms with van der Waals surface area (Å²) in [5.41, 5.74) is 0.0204. The molecule has 0 aromatic carbocycles. The molecule has 3 nitrogen and oxygen atoms in total. The predicted molar refractivity (Wildman–Crippen MR) is 95.4 cm³/mol. The molecule has 0 aliphatic heterocycles. The van der Waals surface area contributed by atoms with Gasteiger partial charge in [0.2, 0.25) is 0 Å². The summed E-state index contributed by atoms with van der Waals surface area (Å²) in [4.78, 5) is 12.6. The smallest absolute Gasteiger partial charge is 0.311 e. The molecule has 0 bridgehead atoms. The molecule has 0 aromatic rings. The van der Waals surface area contributed by atoms with Crippen LogP contribution in [-0.4, -0.2) is 24.3 Å². The Labute approximate surface area is 147 Å².